The fourth-order valence-corrected chi connectivity index (χ4v) is 7.64. The van der Waals surface area contributed by atoms with Crippen molar-refractivity contribution in [2.45, 2.75) is 38.5 Å². The number of allylic oxidation sites excluding steroid dienone is 1. The summed E-state index contributed by atoms with van der Waals surface area (Å²) in [6.07, 6.45) is 6.77. The molecule has 4 nitrogen and oxygen atoms in total. The highest BCUT2D eigenvalue weighted by Gasteiger charge is 2.60. The standard InChI is InChI=1S/C23H21Cl2N3O/c24-16-2-1-3-17(7-16)28-21(25)18(11-26)20(19(12-27)22(28)29)23-8-13-4-14(9-23)6-15(5-13)10-23/h1-3,7,13-15,19-20H,4-6,8-10H2/t13?,14?,15?,19-,20-,23?/m1/s1. The molecule has 4 fully saturated rings. The van der Waals surface area contributed by atoms with Crippen LogP contribution >= 0.6 is 23.2 Å². The van der Waals surface area contributed by atoms with Gasteiger partial charge in [0.15, 0.2) is 0 Å². The van der Waals surface area contributed by atoms with Gasteiger partial charge in [-0.1, -0.05) is 29.3 Å². The molecule has 1 aromatic carbocycles. The van der Waals surface area contributed by atoms with Crippen LogP contribution in [0.25, 0.3) is 0 Å². The number of amides is 1. The van der Waals surface area contributed by atoms with Crippen LogP contribution in [0.3, 0.4) is 0 Å². The predicted molar refractivity (Wildman–Crippen MR) is 111 cm³/mol. The minimum absolute atomic E-state index is 0.131. The lowest BCUT2D eigenvalue weighted by atomic mass is 9.44. The average molecular weight is 426 g/mol. The van der Waals surface area contributed by atoms with E-state index >= 15 is 0 Å². The van der Waals surface area contributed by atoms with Crippen LogP contribution < -0.4 is 4.90 Å². The third-order valence-corrected chi connectivity index (χ3v) is 8.23. The first-order valence-corrected chi connectivity index (χ1v) is 11.0. The molecule has 6 rings (SSSR count). The van der Waals surface area contributed by atoms with E-state index in [-0.39, 0.29) is 16.5 Å². The summed E-state index contributed by atoms with van der Waals surface area (Å²) >= 11 is 12.8. The highest BCUT2D eigenvalue weighted by atomic mass is 35.5. The van der Waals surface area contributed by atoms with E-state index in [4.69, 9.17) is 23.2 Å². The molecule has 4 aliphatic carbocycles. The number of nitriles is 2. The molecule has 29 heavy (non-hydrogen) atoms. The van der Waals surface area contributed by atoms with Crippen molar-refractivity contribution in [3.63, 3.8) is 0 Å². The molecule has 1 aromatic rings. The number of carbonyl (C=O) groups excluding carboxylic acids is 1. The van der Waals surface area contributed by atoms with Crippen molar-refractivity contribution in [2.24, 2.45) is 35.0 Å². The van der Waals surface area contributed by atoms with Gasteiger partial charge in [0.1, 0.15) is 11.1 Å². The van der Waals surface area contributed by atoms with E-state index in [1.165, 1.54) is 24.2 Å². The van der Waals surface area contributed by atoms with Gasteiger partial charge < -0.3 is 0 Å². The van der Waals surface area contributed by atoms with Crippen LogP contribution in [-0.2, 0) is 4.79 Å². The maximum Gasteiger partial charge on any atom is 0.250 e. The van der Waals surface area contributed by atoms with Gasteiger partial charge in [-0.25, -0.2) is 0 Å². The SMILES string of the molecule is N#CC1=C(Cl)N(c2cccc(Cl)c2)C(=O)[C@H](C#N)[C@@H]1C12CC3CC(CC(C3)C1)C2. The molecule has 0 unspecified atom stereocenters. The second kappa shape index (κ2) is 6.76. The lowest BCUT2D eigenvalue weighted by molar-refractivity contribution is -0.129. The van der Waals surface area contributed by atoms with Crippen LogP contribution in [0.1, 0.15) is 38.5 Å². The summed E-state index contributed by atoms with van der Waals surface area (Å²) in [6, 6.07) is 11.4. The Balaban J connectivity index is 1.64. The van der Waals surface area contributed by atoms with E-state index in [1.54, 1.807) is 24.3 Å². The van der Waals surface area contributed by atoms with Crippen LogP contribution in [0.2, 0.25) is 5.02 Å². The van der Waals surface area contributed by atoms with Gasteiger partial charge in [0.25, 0.3) is 0 Å². The number of anilines is 1. The van der Waals surface area contributed by atoms with Crippen molar-refractivity contribution in [1.29, 1.82) is 10.5 Å². The number of hydrogen-bond donors (Lipinski definition) is 0. The van der Waals surface area contributed by atoms with Gasteiger partial charge in [-0.3, -0.25) is 9.69 Å². The minimum atomic E-state index is -0.901. The first-order valence-electron chi connectivity index (χ1n) is 10.2. The monoisotopic (exact) mass is 425 g/mol. The second-order valence-corrected chi connectivity index (χ2v) is 10.1. The summed E-state index contributed by atoms with van der Waals surface area (Å²) < 4.78 is 0. The van der Waals surface area contributed by atoms with Gasteiger partial charge in [0.2, 0.25) is 5.91 Å². The smallest absolute Gasteiger partial charge is 0.250 e. The quantitative estimate of drug-likeness (QED) is 0.576. The highest BCUT2D eigenvalue weighted by molar-refractivity contribution is 6.35. The van der Waals surface area contributed by atoms with Crippen molar-refractivity contribution in [1.82, 2.24) is 0 Å². The maximum atomic E-state index is 13.5. The second-order valence-electron chi connectivity index (χ2n) is 9.33. The lowest BCUT2D eigenvalue weighted by Crippen LogP contribution is -2.55. The van der Waals surface area contributed by atoms with Gasteiger partial charge >= 0.3 is 0 Å². The van der Waals surface area contributed by atoms with Gasteiger partial charge in [-0.2, -0.15) is 10.5 Å². The largest absolute Gasteiger partial charge is 0.273 e. The van der Waals surface area contributed by atoms with Crippen LogP contribution in [-0.4, -0.2) is 5.91 Å². The Hall–Kier alpha value is -2.01. The molecular formula is C23H21Cl2N3O. The maximum absolute atomic E-state index is 13.5. The number of hydrogen-bond acceptors (Lipinski definition) is 3. The average Bonchev–Trinajstić information content (AvgIpc) is 2.67. The fourth-order valence-electron chi connectivity index (χ4n) is 7.11. The van der Waals surface area contributed by atoms with E-state index in [2.05, 4.69) is 12.1 Å². The number of rotatable bonds is 2. The molecule has 6 heteroatoms. The van der Waals surface area contributed by atoms with E-state index in [0.717, 1.165) is 19.3 Å². The molecule has 0 spiro atoms. The number of halogens is 2. The van der Waals surface area contributed by atoms with Crippen molar-refractivity contribution in [2.75, 3.05) is 4.90 Å². The van der Waals surface area contributed by atoms with Crippen LogP contribution in [0.15, 0.2) is 35.0 Å². The van der Waals surface area contributed by atoms with Gasteiger partial charge in [-0.15, -0.1) is 0 Å². The molecule has 1 heterocycles. The summed E-state index contributed by atoms with van der Waals surface area (Å²) in [5.41, 5.74) is 0.723. The molecule has 4 saturated carbocycles. The van der Waals surface area contributed by atoms with Crippen molar-refractivity contribution < 1.29 is 4.79 Å². The minimum Gasteiger partial charge on any atom is -0.273 e. The normalized spacial score (nSPS) is 38.1. The Morgan fingerprint density at radius 1 is 1.03 bits per heavy atom. The Labute approximate surface area is 180 Å². The Bertz CT molecular complexity index is 967. The third-order valence-electron chi connectivity index (χ3n) is 7.62. The van der Waals surface area contributed by atoms with Gasteiger partial charge in [-0.05, 0) is 79.9 Å². The van der Waals surface area contributed by atoms with Crippen LogP contribution in [0.4, 0.5) is 5.69 Å². The van der Waals surface area contributed by atoms with Gasteiger partial charge in [0, 0.05) is 10.9 Å². The molecule has 0 saturated heterocycles. The van der Waals surface area contributed by atoms with Crippen LogP contribution in [0.5, 0.6) is 0 Å². The summed E-state index contributed by atoms with van der Waals surface area (Å²) in [7, 11) is 0. The third kappa shape index (κ3) is 2.81. The molecule has 1 aliphatic heterocycles. The van der Waals surface area contributed by atoms with E-state index in [9.17, 15) is 15.3 Å². The Kier molecular flexibility index (Phi) is 4.43. The predicted octanol–water partition coefficient (Wildman–Crippen LogP) is 5.63. The first kappa shape index (κ1) is 19.0. The summed E-state index contributed by atoms with van der Waals surface area (Å²) in [5, 5.41) is 20.7. The molecule has 0 N–H and O–H groups in total. The molecular weight excluding hydrogens is 405 g/mol. The molecule has 0 aromatic heterocycles. The highest BCUT2D eigenvalue weighted by Crippen LogP contribution is 2.65. The zero-order chi connectivity index (χ0) is 20.3. The van der Waals surface area contributed by atoms with Crippen LogP contribution in [0, 0.1) is 57.7 Å². The van der Waals surface area contributed by atoms with Gasteiger partial charge in [0.05, 0.1) is 23.4 Å². The molecule has 148 valence electrons. The summed E-state index contributed by atoms with van der Waals surface area (Å²) in [5.74, 6) is 0.296. The number of nitrogens with zero attached hydrogens (tertiary/aromatic N) is 3. The lowest BCUT2D eigenvalue weighted by Gasteiger charge is -2.60. The van der Waals surface area contributed by atoms with E-state index in [1.807, 2.05) is 0 Å². The molecule has 0 radical (unpaired) electrons. The zero-order valence-electron chi connectivity index (χ0n) is 15.9. The topological polar surface area (TPSA) is 67.9 Å². The Morgan fingerprint density at radius 2 is 1.66 bits per heavy atom. The zero-order valence-corrected chi connectivity index (χ0v) is 17.5. The number of carbonyl (C=O) groups is 1. The van der Waals surface area contributed by atoms with E-state index < -0.39 is 11.8 Å². The summed E-state index contributed by atoms with van der Waals surface area (Å²) in [4.78, 5) is 14.8. The number of benzene rings is 1. The first-order chi connectivity index (χ1) is 14.0. The fraction of sp³-hybridized carbons (Fsp3) is 0.522. The van der Waals surface area contributed by atoms with Crippen molar-refractivity contribution >= 4 is 34.8 Å². The van der Waals surface area contributed by atoms with E-state index in [0.29, 0.717) is 34.0 Å². The molecule has 1 amide bonds. The summed E-state index contributed by atoms with van der Waals surface area (Å²) in [6.45, 7) is 0. The van der Waals surface area contributed by atoms with Crippen molar-refractivity contribution in [3.8, 4) is 12.1 Å². The van der Waals surface area contributed by atoms with Crippen molar-refractivity contribution in [3.05, 3.63) is 40.0 Å². The Morgan fingerprint density at radius 3 is 2.17 bits per heavy atom. The molecule has 4 bridgehead atoms. The molecule has 2 atom stereocenters. The molecule has 5 aliphatic rings.